The van der Waals surface area contributed by atoms with E-state index < -0.39 is 11.7 Å². The molecule has 2 heterocycles. The molecule has 0 aliphatic rings. The Kier molecular flexibility index (Phi) is 7.87. The van der Waals surface area contributed by atoms with Gasteiger partial charge in [0.05, 0.1) is 37.4 Å². The van der Waals surface area contributed by atoms with E-state index in [-0.39, 0.29) is 5.69 Å². The molecule has 0 bridgehead atoms. The van der Waals surface area contributed by atoms with Gasteiger partial charge in [0.15, 0.2) is 11.5 Å². The molecule has 3 aromatic rings. The first-order valence-corrected chi connectivity index (χ1v) is 10.6. The molecule has 11 nitrogen and oxygen atoms in total. The number of hydrogen-bond acceptors (Lipinski definition) is 9. The lowest BCUT2D eigenvalue weighted by Crippen LogP contribution is -2.33. The minimum atomic E-state index is -0.541. The average Bonchev–Trinajstić information content (AvgIpc) is 3.25. The van der Waals surface area contributed by atoms with E-state index in [1.54, 1.807) is 13.2 Å². The number of methoxy groups -OCH3 is 1. The molecule has 34 heavy (non-hydrogen) atoms. The fourth-order valence-corrected chi connectivity index (χ4v) is 2.92. The molecule has 0 atom stereocenters. The van der Waals surface area contributed by atoms with Crippen LogP contribution in [0.2, 0.25) is 0 Å². The van der Waals surface area contributed by atoms with Crippen LogP contribution >= 0.6 is 0 Å². The summed E-state index contributed by atoms with van der Waals surface area (Å²) in [5.41, 5.74) is 1.06. The van der Waals surface area contributed by atoms with Crippen molar-refractivity contribution in [3.05, 3.63) is 42.4 Å². The lowest BCUT2D eigenvalue weighted by atomic mass is 10.1. The van der Waals surface area contributed by atoms with Crippen LogP contribution in [0.5, 0.6) is 11.5 Å². The van der Waals surface area contributed by atoms with Gasteiger partial charge in [0, 0.05) is 12.6 Å². The third kappa shape index (κ3) is 6.83. The number of ether oxygens (including phenoxy) is 3. The number of nitrogens with zero attached hydrogens (tertiary/aromatic N) is 4. The number of anilines is 2. The van der Waals surface area contributed by atoms with Gasteiger partial charge in [0.1, 0.15) is 29.0 Å². The second kappa shape index (κ2) is 11.0. The summed E-state index contributed by atoms with van der Waals surface area (Å²) in [6.07, 6.45) is 2.96. The number of carbonyl (C=O) groups is 1. The van der Waals surface area contributed by atoms with Gasteiger partial charge < -0.3 is 24.8 Å². The summed E-state index contributed by atoms with van der Waals surface area (Å²) < 4.78 is 16.7. The summed E-state index contributed by atoms with van der Waals surface area (Å²) in [6.45, 7) is 6.23. The number of alkyl carbamates (subject to hydrolysis) is 1. The standard InChI is InChI=1S/C23H27N7O4/c1-23(2,3)34-22(31)25-9-6-10-33-18-8-5-7-17(32-4)21(18)16-11-19(30-29-16)28-20-14-26-15(12-24)13-27-20/h5,7-8,11,13-14H,6,9-10H2,1-4H3,(H,25,31)(H2,27,28,29,30). The van der Waals surface area contributed by atoms with Crippen molar-refractivity contribution >= 4 is 17.7 Å². The van der Waals surface area contributed by atoms with Crippen LogP contribution < -0.4 is 20.1 Å². The normalized spacial score (nSPS) is 10.8. The first-order valence-electron chi connectivity index (χ1n) is 10.6. The second-order valence-corrected chi connectivity index (χ2v) is 8.15. The molecule has 2 aromatic heterocycles. The van der Waals surface area contributed by atoms with Crippen molar-refractivity contribution < 1.29 is 19.0 Å². The molecule has 0 aliphatic carbocycles. The Labute approximate surface area is 197 Å². The highest BCUT2D eigenvalue weighted by molar-refractivity contribution is 5.76. The van der Waals surface area contributed by atoms with Crippen molar-refractivity contribution in [2.75, 3.05) is 25.6 Å². The zero-order valence-corrected chi connectivity index (χ0v) is 19.5. The van der Waals surface area contributed by atoms with E-state index in [0.29, 0.717) is 54.0 Å². The number of benzene rings is 1. The number of carbonyl (C=O) groups excluding carboxylic acids is 1. The van der Waals surface area contributed by atoms with Crippen molar-refractivity contribution in [3.63, 3.8) is 0 Å². The molecular formula is C23H27N7O4. The Hall–Kier alpha value is -4.33. The van der Waals surface area contributed by atoms with E-state index in [9.17, 15) is 4.79 Å². The van der Waals surface area contributed by atoms with Gasteiger partial charge in [-0.1, -0.05) is 6.07 Å². The van der Waals surface area contributed by atoms with Crippen LogP contribution in [-0.4, -0.2) is 52.1 Å². The number of H-pyrrole nitrogens is 1. The van der Waals surface area contributed by atoms with E-state index in [1.807, 2.05) is 45.0 Å². The van der Waals surface area contributed by atoms with E-state index in [1.165, 1.54) is 12.4 Å². The number of aromatic nitrogens is 4. The number of amides is 1. The minimum Gasteiger partial charge on any atom is -0.496 e. The highest BCUT2D eigenvalue weighted by Crippen LogP contribution is 2.38. The summed E-state index contributed by atoms with van der Waals surface area (Å²) in [5.74, 6) is 2.17. The molecule has 0 aliphatic heterocycles. The van der Waals surface area contributed by atoms with Crippen molar-refractivity contribution in [2.24, 2.45) is 0 Å². The SMILES string of the molecule is COc1cccc(OCCCNC(=O)OC(C)(C)C)c1-c1cc(Nc2cnc(C#N)cn2)n[nH]1. The Balaban J connectivity index is 1.64. The maximum Gasteiger partial charge on any atom is 0.407 e. The van der Waals surface area contributed by atoms with E-state index in [4.69, 9.17) is 19.5 Å². The molecule has 3 rings (SSSR count). The van der Waals surface area contributed by atoms with Crippen LogP contribution in [0.3, 0.4) is 0 Å². The molecule has 0 spiro atoms. The van der Waals surface area contributed by atoms with Crippen molar-refractivity contribution in [2.45, 2.75) is 32.8 Å². The van der Waals surface area contributed by atoms with E-state index in [2.05, 4.69) is 30.8 Å². The maximum atomic E-state index is 11.7. The van der Waals surface area contributed by atoms with Crippen LogP contribution in [0.4, 0.5) is 16.4 Å². The molecule has 0 unspecified atom stereocenters. The summed E-state index contributed by atoms with van der Waals surface area (Å²) in [6, 6.07) is 9.20. The summed E-state index contributed by atoms with van der Waals surface area (Å²) in [4.78, 5) is 19.9. The molecular weight excluding hydrogens is 438 g/mol. The number of rotatable bonds is 9. The summed E-state index contributed by atoms with van der Waals surface area (Å²) in [7, 11) is 1.58. The zero-order chi connectivity index (χ0) is 24.6. The van der Waals surface area contributed by atoms with Crippen LogP contribution in [0.15, 0.2) is 36.7 Å². The van der Waals surface area contributed by atoms with Gasteiger partial charge in [0.2, 0.25) is 0 Å². The highest BCUT2D eigenvalue weighted by Gasteiger charge is 2.17. The largest absolute Gasteiger partial charge is 0.496 e. The van der Waals surface area contributed by atoms with Gasteiger partial charge in [0.25, 0.3) is 0 Å². The highest BCUT2D eigenvalue weighted by atomic mass is 16.6. The molecule has 178 valence electrons. The van der Waals surface area contributed by atoms with Gasteiger partial charge in [-0.2, -0.15) is 10.4 Å². The van der Waals surface area contributed by atoms with Crippen molar-refractivity contribution in [1.29, 1.82) is 5.26 Å². The first-order chi connectivity index (χ1) is 16.3. The second-order valence-electron chi connectivity index (χ2n) is 8.15. The Morgan fingerprint density at radius 1 is 1.18 bits per heavy atom. The Bertz CT molecular complexity index is 1150. The van der Waals surface area contributed by atoms with Gasteiger partial charge in [-0.15, -0.1) is 0 Å². The molecule has 0 radical (unpaired) electrons. The van der Waals surface area contributed by atoms with Crippen LogP contribution in [-0.2, 0) is 4.74 Å². The van der Waals surface area contributed by atoms with Gasteiger partial charge in [-0.3, -0.25) is 5.10 Å². The molecule has 3 N–H and O–H groups in total. The number of nitriles is 1. The predicted molar refractivity (Wildman–Crippen MR) is 125 cm³/mol. The zero-order valence-electron chi connectivity index (χ0n) is 19.5. The Morgan fingerprint density at radius 3 is 2.65 bits per heavy atom. The van der Waals surface area contributed by atoms with Crippen LogP contribution in [0.1, 0.15) is 32.9 Å². The molecule has 1 amide bonds. The smallest absolute Gasteiger partial charge is 0.407 e. The molecule has 0 saturated carbocycles. The number of hydrogen-bond donors (Lipinski definition) is 3. The third-order valence-corrected chi connectivity index (χ3v) is 4.32. The van der Waals surface area contributed by atoms with Crippen molar-refractivity contribution in [1.82, 2.24) is 25.5 Å². The Morgan fingerprint density at radius 2 is 1.97 bits per heavy atom. The fourth-order valence-electron chi connectivity index (χ4n) is 2.92. The van der Waals surface area contributed by atoms with Crippen LogP contribution in [0.25, 0.3) is 11.3 Å². The van der Waals surface area contributed by atoms with E-state index in [0.717, 1.165) is 0 Å². The van der Waals surface area contributed by atoms with Crippen molar-refractivity contribution in [3.8, 4) is 28.8 Å². The lowest BCUT2D eigenvalue weighted by molar-refractivity contribution is 0.0525. The molecule has 0 saturated heterocycles. The van der Waals surface area contributed by atoms with Gasteiger partial charge in [-0.05, 0) is 39.3 Å². The first kappa shape index (κ1) is 24.3. The molecule has 11 heteroatoms. The van der Waals surface area contributed by atoms with Gasteiger partial charge in [-0.25, -0.2) is 14.8 Å². The van der Waals surface area contributed by atoms with E-state index >= 15 is 0 Å². The molecule has 1 aromatic carbocycles. The summed E-state index contributed by atoms with van der Waals surface area (Å²) >= 11 is 0. The average molecular weight is 466 g/mol. The lowest BCUT2D eigenvalue weighted by Gasteiger charge is -2.19. The fraction of sp³-hybridized carbons (Fsp3) is 0.348. The number of aromatic amines is 1. The topological polar surface area (TPSA) is 147 Å². The quantitative estimate of drug-likeness (QED) is 0.402. The monoisotopic (exact) mass is 465 g/mol. The number of nitrogens with one attached hydrogen (secondary N) is 3. The maximum absolute atomic E-state index is 11.7. The summed E-state index contributed by atoms with van der Waals surface area (Å²) in [5, 5.41) is 21.8. The minimum absolute atomic E-state index is 0.227. The predicted octanol–water partition coefficient (Wildman–Crippen LogP) is 3.78. The third-order valence-electron chi connectivity index (χ3n) is 4.32. The van der Waals surface area contributed by atoms with Crippen LogP contribution in [0, 0.1) is 11.3 Å². The van der Waals surface area contributed by atoms with Gasteiger partial charge >= 0.3 is 6.09 Å². The molecule has 0 fully saturated rings.